The molecule has 3 N–H and O–H groups in total. The van der Waals surface area contributed by atoms with Crippen LogP contribution in [0, 0.1) is 13.8 Å². The highest BCUT2D eigenvalue weighted by molar-refractivity contribution is 6.28. The lowest BCUT2D eigenvalue weighted by Crippen LogP contribution is -2.09. The second kappa shape index (κ2) is 5.14. The number of rotatable bonds is 3. The Morgan fingerprint density at radius 3 is 2.78 bits per heavy atom. The third-order valence-electron chi connectivity index (χ3n) is 2.38. The summed E-state index contributed by atoms with van der Waals surface area (Å²) in [6, 6.07) is 1.83. The predicted molar refractivity (Wildman–Crippen MR) is 70.3 cm³/mol. The van der Waals surface area contributed by atoms with Gasteiger partial charge in [-0.15, -0.1) is 0 Å². The molecule has 0 saturated heterocycles. The Hall–Kier alpha value is -1.95. The molecular weight excluding hydrogens is 252 g/mol. The highest BCUT2D eigenvalue weighted by Crippen LogP contribution is 2.20. The first-order chi connectivity index (χ1) is 8.56. The van der Waals surface area contributed by atoms with E-state index in [0.717, 1.165) is 11.5 Å². The summed E-state index contributed by atoms with van der Waals surface area (Å²) in [5, 5.41) is 3.26. The van der Waals surface area contributed by atoms with Gasteiger partial charge in [-0.05, 0) is 31.5 Å². The number of hydrogen-bond donors (Lipinski definition) is 2. The van der Waals surface area contributed by atoms with Crippen LogP contribution in [0.2, 0.25) is 5.28 Å². The molecule has 18 heavy (non-hydrogen) atoms. The first-order valence-corrected chi connectivity index (χ1v) is 5.76. The first-order valence-electron chi connectivity index (χ1n) is 5.38. The number of nitrogens with zero attached hydrogens (tertiary/aromatic N) is 4. The van der Waals surface area contributed by atoms with Gasteiger partial charge in [0.25, 0.3) is 0 Å². The van der Waals surface area contributed by atoms with Crippen LogP contribution in [-0.4, -0.2) is 19.9 Å². The summed E-state index contributed by atoms with van der Waals surface area (Å²) in [5.74, 6) is 1.24. The molecule has 0 aromatic carbocycles. The summed E-state index contributed by atoms with van der Waals surface area (Å²) in [6.07, 6.45) is 1.71. The number of nitrogens with one attached hydrogen (secondary N) is 1. The molecule has 7 heteroatoms. The van der Waals surface area contributed by atoms with E-state index >= 15 is 0 Å². The first kappa shape index (κ1) is 12.5. The molecular formula is C11H13ClN6. The average Bonchev–Trinajstić information content (AvgIpc) is 2.32. The van der Waals surface area contributed by atoms with E-state index in [1.165, 1.54) is 0 Å². The van der Waals surface area contributed by atoms with E-state index in [1.807, 2.05) is 13.0 Å². The van der Waals surface area contributed by atoms with Gasteiger partial charge in [0.1, 0.15) is 5.82 Å². The van der Waals surface area contributed by atoms with Gasteiger partial charge in [0, 0.05) is 6.20 Å². The molecule has 0 aliphatic heterocycles. The molecule has 2 aromatic rings. The van der Waals surface area contributed by atoms with E-state index in [4.69, 9.17) is 17.3 Å². The van der Waals surface area contributed by atoms with Gasteiger partial charge in [0.2, 0.25) is 5.28 Å². The van der Waals surface area contributed by atoms with Crippen molar-refractivity contribution in [3.8, 4) is 0 Å². The summed E-state index contributed by atoms with van der Waals surface area (Å²) < 4.78 is 0. The molecule has 94 valence electrons. The smallest absolute Gasteiger partial charge is 0.224 e. The molecule has 2 rings (SSSR count). The second-order valence-electron chi connectivity index (χ2n) is 3.79. The summed E-state index contributed by atoms with van der Waals surface area (Å²) >= 11 is 5.79. The fourth-order valence-electron chi connectivity index (χ4n) is 1.46. The Morgan fingerprint density at radius 1 is 1.28 bits per heavy atom. The van der Waals surface area contributed by atoms with Gasteiger partial charge in [-0.25, -0.2) is 15.0 Å². The van der Waals surface area contributed by atoms with Crippen molar-refractivity contribution in [2.24, 2.45) is 0 Å². The maximum atomic E-state index is 5.87. The summed E-state index contributed by atoms with van der Waals surface area (Å²) in [4.78, 5) is 16.3. The van der Waals surface area contributed by atoms with Gasteiger partial charge in [-0.1, -0.05) is 0 Å². The molecule has 0 spiro atoms. The van der Waals surface area contributed by atoms with Gasteiger partial charge in [0.05, 0.1) is 23.6 Å². The van der Waals surface area contributed by atoms with Gasteiger partial charge >= 0.3 is 0 Å². The number of halogens is 1. The van der Waals surface area contributed by atoms with Crippen LogP contribution < -0.4 is 11.1 Å². The Morgan fingerprint density at radius 2 is 2.06 bits per heavy atom. The lowest BCUT2D eigenvalue weighted by atomic mass is 10.3. The Kier molecular flexibility index (Phi) is 3.57. The molecule has 2 heterocycles. The van der Waals surface area contributed by atoms with Crippen molar-refractivity contribution in [1.82, 2.24) is 19.9 Å². The second-order valence-corrected chi connectivity index (χ2v) is 4.13. The van der Waals surface area contributed by atoms with Crippen molar-refractivity contribution >= 4 is 23.1 Å². The minimum absolute atomic E-state index is 0.170. The number of hydrogen-bond acceptors (Lipinski definition) is 6. The third kappa shape index (κ3) is 2.84. The number of aromatic nitrogens is 4. The lowest BCUT2D eigenvalue weighted by Gasteiger charge is -2.09. The predicted octanol–water partition coefficient (Wildman–Crippen LogP) is 1.73. The zero-order valence-corrected chi connectivity index (χ0v) is 10.9. The van der Waals surface area contributed by atoms with E-state index in [0.29, 0.717) is 23.7 Å². The maximum Gasteiger partial charge on any atom is 0.224 e. The molecule has 0 aliphatic carbocycles. The molecule has 0 amide bonds. The van der Waals surface area contributed by atoms with E-state index in [2.05, 4.69) is 25.3 Å². The standard InChI is InChI=1S/C11H13ClN6/c1-6-9(13)10(18-11(12)16-6)15-5-8-3-4-14-7(2)17-8/h3-4H,5,13H2,1-2H3,(H,15,16,18). The fourth-order valence-corrected chi connectivity index (χ4v) is 1.67. The Balaban J connectivity index is 2.15. The topological polar surface area (TPSA) is 89.6 Å². The molecule has 0 fully saturated rings. The Labute approximate surface area is 110 Å². The third-order valence-corrected chi connectivity index (χ3v) is 2.55. The molecule has 0 atom stereocenters. The van der Waals surface area contributed by atoms with E-state index in [1.54, 1.807) is 13.1 Å². The van der Waals surface area contributed by atoms with Crippen LogP contribution in [0.5, 0.6) is 0 Å². The van der Waals surface area contributed by atoms with Crippen LogP contribution in [0.25, 0.3) is 0 Å². The summed E-state index contributed by atoms with van der Waals surface area (Å²) in [5.41, 5.74) is 7.86. The number of aryl methyl sites for hydroxylation is 2. The molecule has 2 aromatic heterocycles. The molecule has 0 radical (unpaired) electrons. The van der Waals surface area contributed by atoms with Gasteiger partial charge in [0.15, 0.2) is 5.82 Å². The van der Waals surface area contributed by atoms with Crippen LogP contribution in [0.15, 0.2) is 12.3 Å². The summed E-state index contributed by atoms with van der Waals surface area (Å²) in [6.45, 7) is 4.12. The van der Waals surface area contributed by atoms with Crippen molar-refractivity contribution in [3.63, 3.8) is 0 Å². The minimum Gasteiger partial charge on any atom is -0.394 e. The van der Waals surface area contributed by atoms with E-state index < -0.39 is 0 Å². The minimum atomic E-state index is 0.170. The largest absolute Gasteiger partial charge is 0.394 e. The quantitative estimate of drug-likeness (QED) is 0.821. The van der Waals surface area contributed by atoms with Gasteiger partial charge in [-0.3, -0.25) is 0 Å². The fraction of sp³-hybridized carbons (Fsp3) is 0.273. The average molecular weight is 265 g/mol. The molecule has 0 unspecified atom stereocenters. The van der Waals surface area contributed by atoms with Crippen LogP contribution in [0.4, 0.5) is 11.5 Å². The summed E-state index contributed by atoms with van der Waals surface area (Å²) in [7, 11) is 0. The normalized spacial score (nSPS) is 10.4. The van der Waals surface area contributed by atoms with Crippen molar-refractivity contribution in [3.05, 3.63) is 34.8 Å². The number of nitrogens with two attached hydrogens (primary N) is 1. The van der Waals surface area contributed by atoms with Crippen molar-refractivity contribution in [2.45, 2.75) is 20.4 Å². The van der Waals surface area contributed by atoms with Crippen molar-refractivity contribution in [1.29, 1.82) is 0 Å². The molecule has 0 aliphatic rings. The van der Waals surface area contributed by atoms with Crippen LogP contribution in [0.3, 0.4) is 0 Å². The maximum absolute atomic E-state index is 5.87. The van der Waals surface area contributed by atoms with Crippen LogP contribution >= 0.6 is 11.6 Å². The monoisotopic (exact) mass is 264 g/mol. The van der Waals surface area contributed by atoms with Gasteiger partial charge < -0.3 is 11.1 Å². The van der Waals surface area contributed by atoms with E-state index in [9.17, 15) is 0 Å². The van der Waals surface area contributed by atoms with Crippen molar-refractivity contribution in [2.75, 3.05) is 11.1 Å². The van der Waals surface area contributed by atoms with E-state index in [-0.39, 0.29) is 5.28 Å². The lowest BCUT2D eigenvalue weighted by molar-refractivity contribution is 0.947. The molecule has 6 nitrogen and oxygen atoms in total. The highest BCUT2D eigenvalue weighted by atomic mass is 35.5. The zero-order chi connectivity index (χ0) is 13.1. The number of anilines is 2. The van der Waals surface area contributed by atoms with Gasteiger partial charge in [-0.2, -0.15) is 4.98 Å². The van der Waals surface area contributed by atoms with Crippen LogP contribution in [-0.2, 0) is 6.54 Å². The number of nitrogen functional groups attached to an aromatic ring is 1. The SMILES string of the molecule is Cc1nccc(CNc2nc(Cl)nc(C)c2N)n1. The molecule has 0 bridgehead atoms. The van der Waals surface area contributed by atoms with Crippen LogP contribution in [0.1, 0.15) is 17.2 Å². The highest BCUT2D eigenvalue weighted by Gasteiger charge is 2.07. The zero-order valence-electron chi connectivity index (χ0n) is 10.1. The van der Waals surface area contributed by atoms with Crippen molar-refractivity contribution < 1.29 is 0 Å². The molecule has 0 saturated carbocycles. The Bertz CT molecular complexity index is 571.